The van der Waals surface area contributed by atoms with E-state index in [-0.39, 0.29) is 6.61 Å². The first-order chi connectivity index (χ1) is 9.97. The zero-order valence-electron chi connectivity index (χ0n) is 12.3. The van der Waals surface area contributed by atoms with Crippen LogP contribution in [-0.2, 0) is 14.3 Å². The number of esters is 1. The predicted molar refractivity (Wildman–Crippen MR) is 77.9 cm³/mol. The van der Waals surface area contributed by atoms with Crippen LogP contribution < -0.4 is 15.2 Å². The summed E-state index contributed by atoms with van der Waals surface area (Å²) in [4.78, 5) is 22.3. The van der Waals surface area contributed by atoms with Gasteiger partial charge in [-0.25, -0.2) is 4.79 Å². The number of ether oxygens (including phenoxy) is 3. The third-order valence-electron chi connectivity index (χ3n) is 2.60. The van der Waals surface area contributed by atoms with E-state index in [9.17, 15) is 9.59 Å². The van der Waals surface area contributed by atoms with Crippen LogP contribution in [0.25, 0.3) is 6.08 Å². The van der Waals surface area contributed by atoms with Crippen LogP contribution >= 0.6 is 0 Å². The van der Waals surface area contributed by atoms with Gasteiger partial charge in [-0.2, -0.15) is 0 Å². The lowest BCUT2D eigenvalue weighted by Crippen LogP contribution is -2.32. The average Bonchev–Trinajstić information content (AvgIpc) is 2.45. The highest BCUT2D eigenvalue weighted by Gasteiger charge is 2.15. The summed E-state index contributed by atoms with van der Waals surface area (Å²) in [5.41, 5.74) is 5.95. The molecule has 1 amide bonds. The number of primary amides is 1. The molecule has 21 heavy (non-hydrogen) atoms. The third kappa shape index (κ3) is 5.18. The van der Waals surface area contributed by atoms with E-state index in [1.54, 1.807) is 12.1 Å². The number of allylic oxidation sites excluding steroid dienone is 1. The second-order valence-electron chi connectivity index (χ2n) is 4.23. The minimum atomic E-state index is -0.986. The molecule has 0 unspecified atom stereocenters. The molecular weight excluding hydrogens is 274 g/mol. The average molecular weight is 293 g/mol. The molecule has 2 N–H and O–H groups in total. The summed E-state index contributed by atoms with van der Waals surface area (Å²) in [6, 6.07) is 5.31. The number of amides is 1. The van der Waals surface area contributed by atoms with Crippen molar-refractivity contribution in [3.63, 3.8) is 0 Å². The van der Waals surface area contributed by atoms with Gasteiger partial charge in [-0.3, -0.25) is 4.79 Å². The van der Waals surface area contributed by atoms with Crippen LogP contribution in [0.4, 0.5) is 0 Å². The summed E-state index contributed by atoms with van der Waals surface area (Å²) in [6.07, 6.45) is 2.83. The molecule has 114 valence electrons. The Hall–Kier alpha value is -2.50. The van der Waals surface area contributed by atoms with Crippen molar-refractivity contribution >= 4 is 18.0 Å². The summed E-state index contributed by atoms with van der Waals surface area (Å²) in [6.45, 7) is 2.97. The summed E-state index contributed by atoms with van der Waals surface area (Å²) in [5.74, 6) is -0.478. The Morgan fingerprint density at radius 1 is 1.33 bits per heavy atom. The maximum atomic E-state index is 11.5. The molecule has 0 spiro atoms. The van der Waals surface area contributed by atoms with Crippen LogP contribution in [0.3, 0.4) is 0 Å². The van der Waals surface area contributed by atoms with E-state index < -0.39 is 18.0 Å². The van der Waals surface area contributed by atoms with Gasteiger partial charge in [-0.05, 0) is 31.5 Å². The maximum absolute atomic E-state index is 11.5. The Bertz CT molecular complexity index is 539. The Kier molecular flexibility index (Phi) is 6.26. The van der Waals surface area contributed by atoms with Crippen molar-refractivity contribution in [1.82, 2.24) is 0 Å². The minimum absolute atomic E-state index is 0.336. The zero-order chi connectivity index (χ0) is 15.8. The summed E-state index contributed by atoms with van der Waals surface area (Å²) in [5, 5.41) is 0. The molecule has 6 heteroatoms. The monoisotopic (exact) mass is 293 g/mol. The van der Waals surface area contributed by atoms with Crippen LogP contribution in [0, 0.1) is 0 Å². The van der Waals surface area contributed by atoms with Gasteiger partial charge < -0.3 is 19.9 Å². The largest absolute Gasteiger partial charge is 0.493 e. The molecule has 6 nitrogen and oxygen atoms in total. The smallest absolute Gasteiger partial charge is 0.344 e. The normalized spacial score (nSPS) is 12.0. The van der Waals surface area contributed by atoms with Gasteiger partial charge in [-0.15, -0.1) is 0 Å². The first-order valence-electron chi connectivity index (χ1n) is 6.40. The van der Waals surface area contributed by atoms with Gasteiger partial charge in [-0.1, -0.05) is 18.2 Å². The third-order valence-corrected chi connectivity index (χ3v) is 2.60. The fraction of sp³-hybridized carbons (Fsp3) is 0.333. The van der Waals surface area contributed by atoms with Gasteiger partial charge in [0.05, 0.1) is 7.11 Å². The highest BCUT2D eigenvalue weighted by atomic mass is 16.6. The standard InChI is InChI=1S/C15H19NO5/c1-4-5-11-6-7-12(13(8-11)19-3)20-9-14(17)21-10(2)15(16)18/h4-8,10H,9H2,1-3H3,(H2,16,18)/b5-4+/t10-/m1/s1. The van der Waals surface area contributed by atoms with Crippen LogP contribution in [0.2, 0.25) is 0 Å². The van der Waals surface area contributed by atoms with Crippen LogP contribution in [-0.4, -0.2) is 31.7 Å². The molecule has 0 aliphatic heterocycles. The van der Waals surface area contributed by atoms with Gasteiger partial charge in [0.1, 0.15) is 0 Å². The SMILES string of the molecule is C/C=C/c1ccc(OCC(=O)O[C@H](C)C(N)=O)c(OC)c1. The molecular formula is C15H19NO5. The zero-order valence-corrected chi connectivity index (χ0v) is 12.3. The fourth-order valence-corrected chi connectivity index (χ4v) is 1.53. The molecule has 0 bridgehead atoms. The molecule has 1 rings (SSSR count). The molecule has 0 saturated carbocycles. The van der Waals surface area contributed by atoms with E-state index in [0.29, 0.717) is 11.5 Å². The lowest BCUT2D eigenvalue weighted by molar-refractivity contribution is -0.155. The number of rotatable bonds is 7. The van der Waals surface area contributed by atoms with Crippen LogP contribution in [0.5, 0.6) is 11.5 Å². The number of hydrogen-bond donors (Lipinski definition) is 1. The molecule has 0 aliphatic carbocycles. The number of carbonyl (C=O) groups excluding carboxylic acids is 2. The van der Waals surface area contributed by atoms with E-state index >= 15 is 0 Å². The van der Waals surface area contributed by atoms with E-state index in [1.165, 1.54) is 14.0 Å². The Labute approximate surface area is 123 Å². The van der Waals surface area contributed by atoms with E-state index in [1.807, 2.05) is 25.1 Å². The lowest BCUT2D eigenvalue weighted by Gasteiger charge is -2.12. The van der Waals surface area contributed by atoms with Crippen molar-refractivity contribution in [3.8, 4) is 11.5 Å². The number of carbonyl (C=O) groups is 2. The van der Waals surface area contributed by atoms with E-state index in [2.05, 4.69) is 0 Å². The first-order valence-corrected chi connectivity index (χ1v) is 6.40. The van der Waals surface area contributed by atoms with Crippen molar-refractivity contribution in [3.05, 3.63) is 29.8 Å². The second kappa shape index (κ2) is 7.94. The van der Waals surface area contributed by atoms with Gasteiger partial charge in [0.2, 0.25) is 0 Å². The molecule has 0 aromatic heterocycles. The van der Waals surface area contributed by atoms with Crippen molar-refractivity contribution in [2.75, 3.05) is 13.7 Å². The maximum Gasteiger partial charge on any atom is 0.344 e. The van der Waals surface area contributed by atoms with Crippen molar-refractivity contribution < 1.29 is 23.8 Å². The molecule has 0 fully saturated rings. The summed E-state index contributed by atoms with van der Waals surface area (Å²) < 4.78 is 15.3. The van der Waals surface area contributed by atoms with E-state index in [4.69, 9.17) is 19.9 Å². The summed E-state index contributed by atoms with van der Waals surface area (Å²) in [7, 11) is 1.51. The highest BCUT2D eigenvalue weighted by molar-refractivity contribution is 5.82. The van der Waals surface area contributed by atoms with Gasteiger partial charge in [0, 0.05) is 0 Å². The highest BCUT2D eigenvalue weighted by Crippen LogP contribution is 2.28. The molecule has 0 radical (unpaired) electrons. The summed E-state index contributed by atoms with van der Waals surface area (Å²) >= 11 is 0. The molecule has 1 aromatic rings. The first kappa shape index (κ1) is 16.6. The van der Waals surface area contributed by atoms with Crippen molar-refractivity contribution in [2.45, 2.75) is 20.0 Å². The van der Waals surface area contributed by atoms with Crippen molar-refractivity contribution in [1.29, 1.82) is 0 Å². The fourth-order valence-electron chi connectivity index (χ4n) is 1.53. The second-order valence-corrected chi connectivity index (χ2v) is 4.23. The van der Waals surface area contributed by atoms with Gasteiger partial charge in [0.25, 0.3) is 5.91 Å². The minimum Gasteiger partial charge on any atom is -0.493 e. The van der Waals surface area contributed by atoms with E-state index in [0.717, 1.165) is 5.56 Å². The molecule has 1 atom stereocenters. The number of benzene rings is 1. The van der Waals surface area contributed by atoms with Gasteiger partial charge in [0.15, 0.2) is 24.2 Å². The predicted octanol–water partition coefficient (Wildman–Crippen LogP) is 1.52. The molecule has 0 heterocycles. The Morgan fingerprint density at radius 2 is 2.05 bits per heavy atom. The quantitative estimate of drug-likeness (QED) is 0.770. The van der Waals surface area contributed by atoms with Crippen molar-refractivity contribution in [2.24, 2.45) is 5.73 Å². The Morgan fingerprint density at radius 3 is 2.62 bits per heavy atom. The number of nitrogens with two attached hydrogens (primary N) is 1. The number of methoxy groups -OCH3 is 1. The lowest BCUT2D eigenvalue weighted by atomic mass is 10.2. The number of hydrogen-bond acceptors (Lipinski definition) is 5. The topological polar surface area (TPSA) is 87.9 Å². The van der Waals surface area contributed by atoms with Gasteiger partial charge >= 0.3 is 5.97 Å². The van der Waals surface area contributed by atoms with Crippen LogP contribution in [0.15, 0.2) is 24.3 Å². The Balaban J connectivity index is 2.66. The molecule has 0 aliphatic rings. The molecule has 0 saturated heterocycles. The van der Waals surface area contributed by atoms with Crippen LogP contribution in [0.1, 0.15) is 19.4 Å². The molecule has 1 aromatic carbocycles.